The molecule has 0 unspecified atom stereocenters. The van der Waals surface area contributed by atoms with Crippen LogP contribution in [-0.4, -0.2) is 34.1 Å². The quantitative estimate of drug-likeness (QED) is 0.351. The molecule has 0 N–H and O–H groups in total. The average molecular weight is 338 g/mol. The number of carbonyl (C=O) groups is 2. The van der Waals surface area contributed by atoms with Crippen molar-refractivity contribution >= 4 is 17.8 Å². The van der Waals surface area contributed by atoms with Gasteiger partial charge in [-0.3, -0.25) is 9.59 Å². The average Bonchev–Trinajstić information content (AvgIpc) is 2.44. The molecule has 0 aliphatic rings. The van der Waals surface area contributed by atoms with Crippen LogP contribution in [-0.2, 0) is 24.5 Å². The maximum Gasteiger partial charge on any atom is 0.363 e. The van der Waals surface area contributed by atoms with Gasteiger partial charge in [0, 0.05) is 18.6 Å². The van der Waals surface area contributed by atoms with Crippen LogP contribution in [0.25, 0.3) is 0 Å². The molecule has 8 nitrogen and oxygen atoms in total. The summed E-state index contributed by atoms with van der Waals surface area (Å²) in [6.07, 6.45) is 0. The van der Waals surface area contributed by atoms with Crippen LogP contribution in [0.5, 0.6) is 0 Å². The number of carbonyl (C=O) groups excluding carboxylic acids is 2. The predicted molar refractivity (Wildman–Crippen MR) is 85.5 cm³/mol. The van der Waals surface area contributed by atoms with Crippen LogP contribution in [0.15, 0.2) is 12.1 Å². The van der Waals surface area contributed by atoms with Gasteiger partial charge in [-0.05, 0) is 50.6 Å². The van der Waals surface area contributed by atoms with Crippen LogP contribution in [0.3, 0.4) is 0 Å². The highest BCUT2D eigenvalue weighted by molar-refractivity contribution is 6.06. The minimum atomic E-state index is -1.77. The summed E-state index contributed by atoms with van der Waals surface area (Å²) in [5.74, 6) is -1.96. The summed E-state index contributed by atoms with van der Waals surface area (Å²) in [4.78, 5) is 39.2. The van der Waals surface area contributed by atoms with Crippen LogP contribution in [0.1, 0.15) is 45.9 Å². The molecular weight excluding hydrogens is 316 g/mol. The molecule has 0 fully saturated rings. The number of nitro groups is 1. The third-order valence-corrected chi connectivity index (χ3v) is 3.29. The van der Waals surface area contributed by atoms with Gasteiger partial charge in [-0.1, -0.05) is 0 Å². The fraction of sp³-hybridized carbons (Fsp3) is 0.562. The van der Waals surface area contributed by atoms with Gasteiger partial charge < -0.3 is 19.6 Å². The first-order valence-corrected chi connectivity index (χ1v) is 7.46. The molecule has 0 spiro atoms. The number of aromatic nitrogens is 1. The normalized spacial score (nSPS) is 13.8. The SMILES string of the molecule is CCOC(=O)[C@@](C)(C(=O)OC(C)(C)C)c1ccc([N+](=O)[O-])nc1C. The van der Waals surface area contributed by atoms with Crippen molar-refractivity contribution in [3.05, 3.63) is 33.5 Å². The second-order valence-corrected chi connectivity index (χ2v) is 6.41. The summed E-state index contributed by atoms with van der Waals surface area (Å²) in [7, 11) is 0. The number of hydrogen-bond acceptors (Lipinski definition) is 7. The number of rotatable bonds is 5. The van der Waals surface area contributed by atoms with E-state index in [1.165, 1.54) is 19.9 Å². The van der Waals surface area contributed by atoms with Gasteiger partial charge in [-0.15, -0.1) is 0 Å². The second-order valence-electron chi connectivity index (χ2n) is 6.41. The minimum Gasteiger partial charge on any atom is -0.465 e. The first kappa shape index (κ1) is 19.5. The van der Waals surface area contributed by atoms with Crippen LogP contribution < -0.4 is 0 Å². The van der Waals surface area contributed by atoms with E-state index >= 15 is 0 Å². The van der Waals surface area contributed by atoms with Crippen LogP contribution in [0, 0.1) is 17.0 Å². The Morgan fingerprint density at radius 3 is 2.21 bits per heavy atom. The number of ether oxygens (including phenoxy) is 2. The maximum atomic E-state index is 12.7. The highest BCUT2D eigenvalue weighted by atomic mass is 16.6. The standard InChI is InChI=1S/C16H22N2O6/c1-7-23-13(19)16(6,14(20)24-15(3,4)5)11-8-9-12(18(21)22)17-10(11)2/h8-9H,7H2,1-6H3/t16-/m0/s1. The van der Waals surface area contributed by atoms with Gasteiger partial charge in [0.1, 0.15) is 5.60 Å². The Balaban J connectivity index is 3.46. The Morgan fingerprint density at radius 2 is 1.79 bits per heavy atom. The number of hydrogen-bond donors (Lipinski definition) is 0. The van der Waals surface area contributed by atoms with E-state index in [0.29, 0.717) is 0 Å². The molecule has 1 atom stereocenters. The molecule has 0 radical (unpaired) electrons. The molecule has 132 valence electrons. The summed E-state index contributed by atoms with van der Waals surface area (Å²) in [5.41, 5.74) is -2.19. The fourth-order valence-electron chi connectivity index (χ4n) is 2.14. The molecule has 1 rings (SSSR count). The molecule has 0 saturated carbocycles. The van der Waals surface area contributed by atoms with Gasteiger partial charge in [0.2, 0.25) is 0 Å². The molecular formula is C16H22N2O6. The van der Waals surface area contributed by atoms with Gasteiger partial charge in [-0.2, -0.15) is 0 Å². The first-order valence-electron chi connectivity index (χ1n) is 7.46. The fourth-order valence-corrected chi connectivity index (χ4v) is 2.14. The van der Waals surface area contributed by atoms with E-state index in [4.69, 9.17) is 9.47 Å². The Labute approximate surface area is 140 Å². The summed E-state index contributed by atoms with van der Waals surface area (Å²) in [6.45, 7) is 9.59. The summed E-state index contributed by atoms with van der Waals surface area (Å²) in [5, 5.41) is 10.8. The van der Waals surface area contributed by atoms with E-state index in [-0.39, 0.29) is 23.7 Å². The van der Waals surface area contributed by atoms with E-state index in [1.807, 2.05) is 0 Å². The predicted octanol–water partition coefficient (Wildman–Crippen LogP) is 2.46. The molecule has 0 aliphatic carbocycles. The molecule has 0 amide bonds. The van der Waals surface area contributed by atoms with Gasteiger partial charge in [0.25, 0.3) is 0 Å². The largest absolute Gasteiger partial charge is 0.465 e. The Hall–Kier alpha value is -2.51. The smallest absolute Gasteiger partial charge is 0.363 e. The lowest BCUT2D eigenvalue weighted by molar-refractivity contribution is -0.389. The van der Waals surface area contributed by atoms with Crippen LogP contribution >= 0.6 is 0 Å². The molecule has 1 aromatic rings. The summed E-state index contributed by atoms with van der Waals surface area (Å²) in [6, 6.07) is 2.48. The topological polar surface area (TPSA) is 109 Å². The number of esters is 2. The van der Waals surface area contributed by atoms with E-state index < -0.39 is 27.9 Å². The van der Waals surface area contributed by atoms with Gasteiger partial charge >= 0.3 is 17.8 Å². The third kappa shape index (κ3) is 4.06. The van der Waals surface area contributed by atoms with E-state index in [9.17, 15) is 19.7 Å². The number of aryl methyl sites for hydroxylation is 1. The van der Waals surface area contributed by atoms with Crippen molar-refractivity contribution in [2.45, 2.75) is 52.6 Å². The summed E-state index contributed by atoms with van der Waals surface area (Å²) >= 11 is 0. The Morgan fingerprint density at radius 1 is 1.21 bits per heavy atom. The van der Waals surface area contributed by atoms with Crippen LogP contribution in [0.2, 0.25) is 0 Å². The van der Waals surface area contributed by atoms with Gasteiger partial charge in [-0.25, -0.2) is 0 Å². The minimum absolute atomic E-state index is 0.0800. The van der Waals surface area contributed by atoms with Crippen molar-refractivity contribution in [1.29, 1.82) is 0 Å². The monoisotopic (exact) mass is 338 g/mol. The van der Waals surface area contributed by atoms with E-state index in [1.54, 1.807) is 27.7 Å². The van der Waals surface area contributed by atoms with E-state index in [2.05, 4.69) is 4.98 Å². The van der Waals surface area contributed by atoms with Crippen molar-refractivity contribution in [3.63, 3.8) is 0 Å². The van der Waals surface area contributed by atoms with Crippen molar-refractivity contribution in [2.75, 3.05) is 6.61 Å². The molecule has 0 bridgehead atoms. The van der Waals surface area contributed by atoms with Crippen molar-refractivity contribution < 1.29 is 24.0 Å². The molecule has 1 heterocycles. The summed E-state index contributed by atoms with van der Waals surface area (Å²) < 4.78 is 10.4. The van der Waals surface area contributed by atoms with Crippen LogP contribution in [0.4, 0.5) is 5.82 Å². The Bertz CT molecular complexity index is 665. The lowest BCUT2D eigenvalue weighted by Gasteiger charge is -2.29. The van der Waals surface area contributed by atoms with Gasteiger partial charge in [0.15, 0.2) is 11.1 Å². The highest BCUT2D eigenvalue weighted by Gasteiger charge is 2.49. The first-order chi connectivity index (χ1) is 10.9. The number of nitrogens with zero attached hydrogens (tertiary/aromatic N) is 2. The van der Waals surface area contributed by atoms with Crippen molar-refractivity contribution in [3.8, 4) is 0 Å². The zero-order valence-electron chi connectivity index (χ0n) is 14.7. The molecule has 0 aliphatic heterocycles. The van der Waals surface area contributed by atoms with E-state index in [0.717, 1.165) is 6.07 Å². The Kier molecular flexibility index (Phi) is 5.65. The zero-order chi connectivity index (χ0) is 18.7. The van der Waals surface area contributed by atoms with Gasteiger partial charge in [0.05, 0.1) is 6.61 Å². The molecule has 1 aromatic heterocycles. The second kappa shape index (κ2) is 6.94. The molecule has 8 heteroatoms. The van der Waals surface area contributed by atoms with Crippen molar-refractivity contribution in [1.82, 2.24) is 4.98 Å². The lowest BCUT2D eigenvalue weighted by atomic mass is 9.81. The molecule has 24 heavy (non-hydrogen) atoms. The van der Waals surface area contributed by atoms with Crippen molar-refractivity contribution in [2.24, 2.45) is 0 Å². The maximum absolute atomic E-state index is 12.7. The lowest BCUT2D eigenvalue weighted by Crippen LogP contribution is -2.46. The highest BCUT2D eigenvalue weighted by Crippen LogP contribution is 2.32. The number of pyridine rings is 1. The third-order valence-electron chi connectivity index (χ3n) is 3.29. The zero-order valence-corrected chi connectivity index (χ0v) is 14.7. The molecule has 0 saturated heterocycles. The molecule has 0 aromatic carbocycles.